The van der Waals surface area contributed by atoms with E-state index in [1.807, 2.05) is 12.1 Å². The molecule has 1 amide bonds. The minimum Gasteiger partial charge on any atom is -0.326 e. The molecule has 0 saturated heterocycles. The van der Waals surface area contributed by atoms with E-state index in [2.05, 4.69) is 59.9 Å². The summed E-state index contributed by atoms with van der Waals surface area (Å²) in [6.07, 6.45) is 4.87. The maximum atomic E-state index is 11.2. The lowest BCUT2D eigenvalue weighted by Gasteiger charge is -2.08. The number of carbonyl (C=O) groups is 1. The lowest BCUT2D eigenvalue weighted by molar-refractivity contribution is -0.114. The van der Waals surface area contributed by atoms with E-state index in [4.69, 9.17) is 0 Å². The highest BCUT2D eigenvalue weighted by molar-refractivity contribution is 5.92. The van der Waals surface area contributed by atoms with Crippen LogP contribution in [0.15, 0.2) is 66.7 Å². The molecule has 0 atom stereocenters. The normalized spacial score (nSPS) is 13.1. The average Bonchev–Trinajstić information content (AvgIpc) is 3.27. The van der Waals surface area contributed by atoms with E-state index in [0.717, 1.165) is 12.1 Å². The first-order valence-corrected chi connectivity index (χ1v) is 9.27. The van der Waals surface area contributed by atoms with Gasteiger partial charge in [-0.25, -0.2) is 0 Å². The van der Waals surface area contributed by atoms with Crippen LogP contribution in [0.25, 0.3) is 11.1 Å². The molecule has 3 aromatic carbocycles. The summed E-state index contributed by atoms with van der Waals surface area (Å²) in [6.45, 7) is 1.54. The zero-order valence-electron chi connectivity index (χ0n) is 15.1. The van der Waals surface area contributed by atoms with Gasteiger partial charge in [-0.15, -0.1) is 0 Å². The molecule has 0 spiro atoms. The summed E-state index contributed by atoms with van der Waals surface area (Å²) in [5, 5.41) is 2.90. The van der Waals surface area contributed by atoms with Crippen LogP contribution in [0.4, 0.5) is 5.69 Å². The van der Waals surface area contributed by atoms with E-state index in [1.54, 1.807) is 18.1 Å². The van der Waals surface area contributed by atoms with Gasteiger partial charge in [-0.05, 0) is 58.7 Å². The number of carbonyl (C=O) groups excluding carboxylic acids is 1. The van der Waals surface area contributed by atoms with Crippen molar-refractivity contribution in [3.63, 3.8) is 0 Å². The fourth-order valence-electron chi connectivity index (χ4n) is 3.98. The SMILES string of the molecule is CC(=O)Nc1cccc2c1Cc1ccccc1-2.c1ccc2c(c1)CCC2. The summed E-state index contributed by atoms with van der Waals surface area (Å²) in [5.74, 6) is -0.0191. The first kappa shape index (κ1) is 16.6. The van der Waals surface area contributed by atoms with Crippen molar-refractivity contribution >= 4 is 11.6 Å². The van der Waals surface area contributed by atoms with Gasteiger partial charge < -0.3 is 5.32 Å². The quantitative estimate of drug-likeness (QED) is 0.494. The van der Waals surface area contributed by atoms with E-state index in [1.165, 1.54) is 41.5 Å². The third kappa shape index (κ3) is 3.28. The Morgan fingerprint density at radius 1 is 0.769 bits per heavy atom. The summed E-state index contributed by atoms with van der Waals surface area (Å²) in [6, 6.07) is 23.2. The molecule has 0 radical (unpaired) electrons. The molecule has 0 heterocycles. The third-order valence-corrected chi connectivity index (χ3v) is 5.17. The van der Waals surface area contributed by atoms with Crippen LogP contribution in [0, 0.1) is 0 Å². The van der Waals surface area contributed by atoms with Crippen molar-refractivity contribution in [3.8, 4) is 11.1 Å². The van der Waals surface area contributed by atoms with E-state index < -0.39 is 0 Å². The van der Waals surface area contributed by atoms with Gasteiger partial charge in [-0.2, -0.15) is 0 Å². The number of hydrogen-bond donors (Lipinski definition) is 1. The van der Waals surface area contributed by atoms with Crippen LogP contribution < -0.4 is 5.32 Å². The highest BCUT2D eigenvalue weighted by Crippen LogP contribution is 2.39. The van der Waals surface area contributed by atoms with Crippen molar-refractivity contribution in [1.82, 2.24) is 0 Å². The van der Waals surface area contributed by atoms with Crippen LogP contribution in [-0.2, 0) is 24.1 Å². The molecule has 0 bridgehead atoms. The maximum Gasteiger partial charge on any atom is 0.221 e. The third-order valence-electron chi connectivity index (χ3n) is 5.17. The second kappa shape index (κ2) is 7.17. The molecule has 1 N–H and O–H groups in total. The summed E-state index contributed by atoms with van der Waals surface area (Å²) in [7, 11) is 0. The second-order valence-corrected chi connectivity index (χ2v) is 6.97. The molecule has 2 nitrogen and oxygen atoms in total. The minimum absolute atomic E-state index is 0.0191. The number of aryl methyl sites for hydroxylation is 2. The van der Waals surface area contributed by atoms with Crippen molar-refractivity contribution in [2.24, 2.45) is 0 Å². The molecular weight excluding hydrogens is 318 g/mol. The van der Waals surface area contributed by atoms with Crippen LogP contribution in [-0.4, -0.2) is 5.91 Å². The number of benzene rings is 3. The van der Waals surface area contributed by atoms with Gasteiger partial charge in [0.05, 0.1) is 0 Å². The Morgan fingerprint density at radius 2 is 1.38 bits per heavy atom. The van der Waals surface area contributed by atoms with Crippen molar-refractivity contribution in [3.05, 3.63) is 89.0 Å². The molecular formula is C24H23NO. The standard InChI is InChI=1S/C15H13NO.C9H10/c1-10(17)16-15-8-4-7-13-12-6-3-2-5-11(12)9-14(13)15;1-2-5-9-7-3-6-8(9)4-1/h2-8H,9H2,1H3,(H,16,17);1-2,4-5H,3,6-7H2. The van der Waals surface area contributed by atoms with Crippen molar-refractivity contribution in [1.29, 1.82) is 0 Å². The summed E-state index contributed by atoms with van der Waals surface area (Å²) in [5.41, 5.74) is 9.16. The first-order chi connectivity index (χ1) is 12.7. The van der Waals surface area contributed by atoms with Gasteiger partial charge >= 0.3 is 0 Å². The van der Waals surface area contributed by atoms with Crippen LogP contribution in [0.1, 0.15) is 35.6 Å². The summed E-state index contributed by atoms with van der Waals surface area (Å²) < 4.78 is 0. The van der Waals surface area contributed by atoms with Gasteiger partial charge in [0.1, 0.15) is 0 Å². The number of anilines is 1. The molecule has 0 saturated carbocycles. The Balaban J connectivity index is 0.000000157. The number of nitrogens with one attached hydrogen (secondary N) is 1. The van der Waals surface area contributed by atoms with E-state index in [9.17, 15) is 4.79 Å². The average molecular weight is 341 g/mol. The molecule has 0 aliphatic heterocycles. The lowest BCUT2D eigenvalue weighted by atomic mass is 10.1. The smallest absolute Gasteiger partial charge is 0.221 e. The predicted molar refractivity (Wildman–Crippen MR) is 107 cm³/mol. The number of hydrogen-bond acceptors (Lipinski definition) is 1. The Morgan fingerprint density at radius 3 is 2.08 bits per heavy atom. The predicted octanol–water partition coefficient (Wildman–Crippen LogP) is 5.39. The van der Waals surface area contributed by atoms with Crippen LogP contribution in [0.2, 0.25) is 0 Å². The van der Waals surface area contributed by atoms with E-state index in [-0.39, 0.29) is 5.91 Å². The zero-order valence-corrected chi connectivity index (χ0v) is 15.1. The highest BCUT2D eigenvalue weighted by atomic mass is 16.1. The maximum absolute atomic E-state index is 11.2. The molecule has 2 aliphatic carbocycles. The molecule has 26 heavy (non-hydrogen) atoms. The fourth-order valence-corrected chi connectivity index (χ4v) is 3.98. The molecule has 2 aliphatic rings. The van der Waals surface area contributed by atoms with Crippen molar-refractivity contribution in [2.45, 2.75) is 32.6 Å². The van der Waals surface area contributed by atoms with Crippen molar-refractivity contribution < 1.29 is 4.79 Å². The van der Waals surface area contributed by atoms with Crippen LogP contribution in [0.5, 0.6) is 0 Å². The molecule has 130 valence electrons. The van der Waals surface area contributed by atoms with Gasteiger partial charge in [0.15, 0.2) is 0 Å². The van der Waals surface area contributed by atoms with Gasteiger partial charge in [0.2, 0.25) is 5.91 Å². The van der Waals surface area contributed by atoms with E-state index in [0.29, 0.717) is 0 Å². The van der Waals surface area contributed by atoms with Crippen LogP contribution >= 0.6 is 0 Å². The molecule has 5 rings (SSSR count). The number of rotatable bonds is 1. The Labute approximate surface area is 154 Å². The zero-order chi connectivity index (χ0) is 17.9. The lowest BCUT2D eigenvalue weighted by Crippen LogP contribution is -2.07. The van der Waals surface area contributed by atoms with Crippen molar-refractivity contribution in [2.75, 3.05) is 5.32 Å². The summed E-state index contributed by atoms with van der Waals surface area (Å²) in [4.78, 5) is 11.2. The van der Waals surface area contributed by atoms with Gasteiger partial charge in [-0.3, -0.25) is 4.79 Å². The monoisotopic (exact) mass is 341 g/mol. The molecule has 0 aromatic heterocycles. The van der Waals surface area contributed by atoms with Crippen LogP contribution in [0.3, 0.4) is 0 Å². The largest absolute Gasteiger partial charge is 0.326 e. The summed E-state index contributed by atoms with van der Waals surface area (Å²) >= 11 is 0. The highest BCUT2D eigenvalue weighted by Gasteiger charge is 2.20. The van der Waals surface area contributed by atoms with Gasteiger partial charge in [0, 0.05) is 19.0 Å². The minimum atomic E-state index is -0.0191. The Hall–Kier alpha value is -2.87. The topological polar surface area (TPSA) is 29.1 Å². The first-order valence-electron chi connectivity index (χ1n) is 9.27. The molecule has 2 heteroatoms. The molecule has 0 unspecified atom stereocenters. The van der Waals surface area contributed by atoms with E-state index >= 15 is 0 Å². The Kier molecular flexibility index (Phi) is 4.57. The van der Waals surface area contributed by atoms with Gasteiger partial charge in [-0.1, -0.05) is 60.7 Å². The molecule has 3 aromatic rings. The second-order valence-electron chi connectivity index (χ2n) is 6.97. The number of amides is 1. The Bertz CT molecular complexity index is 935. The number of fused-ring (bicyclic) bond motifs is 4. The molecule has 0 fully saturated rings. The van der Waals surface area contributed by atoms with Gasteiger partial charge in [0.25, 0.3) is 0 Å². The fraction of sp³-hybridized carbons (Fsp3) is 0.208.